The zero-order valence-electron chi connectivity index (χ0n) is 17.8. The van der Waals surface area contributed by atoms with Gasteiger partial charge in [-0.2, -0.15) is 0 Å². The normalized spacial score (nSPS) is 11.9. The largest absolute Gasteiger partial charge is 0.497 e. The molecule has 5 nitrogen and oxygen atoms in total. The van der Waals surface area contributed by atoms with Crippen LogP contribution >= 0.6 is 0 Å². The Morgan fingerprint density at radius 1 is 0.812 bits per heavy atom. The van der Waals surface area contributed by atoms with E-state index in [9.17, 15) is 9.59 Å². The second-order valence-corrected chi connectivity index (χ2v) is 6.93. The number of benzene rings is 3. The van der Waals surface area contributed by atoms with Crippen molar-refractivity contribution < 1.29 is 19.1 Å². The predicted molar refractivity (Wildman–Crippen MR) is 126 cm³/mol. The van der Waals surface area contributed by atoms with Gasteiger partial charge in [-0.15, -0.1) is 0 Å². The number of ether oxygens (including phenoxy) is 2. The number of esters is 1. The van der Waals surface area contributed by atoms with Crippen LogP contribution in [0.1, 0.15) is 22.8 Å². The van der Waals surface area contributed by atoms with Crippen molar-refractivity contribution in [1.29, 1.82) is 0 Å². The van der Waals surface area contributed by atoms with E-state index >= 15 is 0 Å². The minimum Gasteiger partial charge on any atom is -0.497 e. The Labute approximate surface area is 188 Å². The molecule has 1 N–H and O–H groups in total. The molecule has 3 aromatic carbocycles. The van der Waals surface area contributed by atoms with Gasteiger partial charge in [0.2, 0.25) is 5.91 Å². The Hall–Kier alpha value is -4.12. The second kappa shape index (κ2) is 11.9. The Morgan fingerprint density at radius 2 is 1.38 bits per heavy atom. The molecule has 1 amide bonds. The zero-order chi connectivity index (χ0) is 22.6. The average molecular weight is 428 g/mol. The minimum atomic E-state index is -0.650. The van der Waals surface area contributed by atoms with Crippen LogP contribution in [0.5, 0.6) is 5.75 Å². The van der Waals surface area contributed by atoms with Crippen LogP contribution in [0.3, 0.4) is 0 Å². The highest BCUT2D eigenvalue weighted by atomic mass is 16.5. The maximum atomic E-state index is 12.4. The lowest BCUT2D eigenvalue weighted by Crippen LogP contribution is -2.29. The summed E-state index contributed by atoms with van der Waals surface area (Å²) in [6, 6.07) is 26.2. The SMILES string of the molecule is COc1ccc(C(CNC(=O)/C=C/c2ccccc2)OC(=O)/C=C/c2ccccc2)cc1. The lowest BCUT2D eigenvalue weighted by atomic mass is 10.1. The first-order chi connectivity index (χ1) is 15.6. The van der Waals surface area contributed by atoms with Gasteiger partial charge in [-0.05, 0) is 41.0 Å². The zero-order valence-corrected chi connectivity index (χ0v) is 17.8. The Morgan fingerprint density at radius 3 is 1.94 bits per heavy atom. The van der Waals surface area contributed by atoms with Crippen molar-refractivity contribution in [2.45, 2.75) is 6.10 Å². The molecule has 3 rings (SSSR count). The van der Waals surface area contributed by atoms with Crippen molar-refractivity contribution in [1.82, 2.24) is 5.32 Å². The van der Waals surface area contributed by atoms with Gasteiger partial charge in [0.25, 0.3) is 0 Å². The summed E-state index contributed by atoms with van der Waals surface area (Å²) in [6.45, 7) is 0.134. The molecule has 162 valence electrons. The third-order valence-electron chi connectivity index (χ3n) is 4.65. The van der Waals surface area contributed by atoms with E-state index in [1.807, 2.05) is 72.8 Å². The molecule has 5 heteroatoms. The standard InChI is InChI=1S/C27H25NO4/c1-31-24-16-14-23(15-17-24)25(32-27(30)19-13-22-10-6-3-7-11-22)20-28-26(29)18-12-21-8-4-2-5-9-21/h2-19,25H,20H2,1H3,(H,28,29)/b18-12+,19-13+. The van der Waals surface area contributed by atoms with Crippen LogP contribution in [0.4, 0.5) is 0 Å². The molecule has 0 radical (unpaired) electrons. The lowest BCUT2D eigenvalue weighted by Gasteiger charge is -2.18. The fourth-order valence-corrected chi connectivity index (χ4v) is 2.94. The van der Waals surface area contributed by atoms with E-state index < -0.39 is 12.1 Å². The molecule has 0 spiro atoms. The molecule has 0 aliphatic carbocycles. The van der Waals surface area contributed by atoms with E-state index in [0.717, 1.165) is 16.7 Å². The van der Waals surface area contributed by atoms with Crippen molar-refractivity contribution in [2.75, 3.05) is 13.7 Å². The van der Waals surface area contributed by atoms with Gasteiger partial charge < -0.3 is 14.8 Å². The topological polar surface area (TPSA) is 64.6 Å². The summed E-state index contributed by atoms with van der Waals surface area (Å²) in [6.07, 6.45) is 5.60. The molecule has 0 aromatic heterocycles. The van der Waals surface area contributed by atoms with Crippen LogP contribution in [-0.2, 0) is 14.3 Å². The number of amides is 1. The van der Waals surface area contributed by atoms with Gasteiger partial charge in [0, 0.05) is 12.2 Å². The van der Waals surface area contributed by atoms with Crippen LogP contribution < -0.4 is 10.1 Å². The smallest absolute Gasteiger partial charge is 0.331 e. The monoisotopic (exact) mass is 427 g/mol. The van der Waals surface area contributed by atoms with E-state index in [-0.39, 0.29) is 12.5 Å². The van der Waals surface area contributed by atoms with Crippen LogP contribution in [0.15, 0.2) is 97.1 Å². The predicted octanol–water partition coefficient (Wildman–Crippen LogP) is 4.82. The third kappa shape index (κ3) is 7.29. The first kappa shape index (κ1) is 22.6. The molecule has 0 fully saturated rings. The summed E-state index contributed by atoms with van der Waals surface area (Å²) in [5.41, 5.74) is 2.57. The van der Waals surface area contributed by atoms with Gasteiger partial charge in [0.05, 0.1) is 13.7 Å². The number of rotatable bonds is 9. The quantitative estimate of drug-likeness (QED) is 0.393. The number of methoxy groups -OCH3 is 1. The summed E-state index contributed by atoms with van der Waals surface area (Å²) in [7, 11) is 1.58. The van der Waals surface area contributed by atoms with Crippen molar-refractivity contribution >= 4 is 24.0 Å². The van der Waals surface area contributed by atoms with E-state index in [0.29, 0.717) is 5.75 Å². The maximum Gasteiger partial charge on any atom is 0.331 e. The number of nitrogens with one attached hydrogen (secondary N) is 1. The Balaban J connectivity index is 1.66. The number of carbonyl (C=O) groups excluding carboxylic acids is 2. The molecule has 0 saturated heterocycles. The molecule has 0 aliphatic heterocycles. The maximum absolute atomic E-state index is 12.4. The van der Waals surface area contributed by atoms with Crippen LogP contribution in [0, 0.1) is 0 Å². The molecule has 0 saturated carbocycles. The van der Waals surface area contributed by atoms with Crippen LogP contribution in [0.2, 0.25) is 0 Å². The summed E-state index contributed by atoms with van der Waals surface area (Å²) in [4.78, 5) is 24.7. The molecular weight excluding hydrogens is 402 g/mol. The van der Waals surface area contributed by atoms with Gasteiger partial charge in [0.15, 0.2) is 0 Å². The average Bonchev–Trinajstić information content (AvgIpc) is 2.85. The summed E-state index contributed by atoms with van der Waals surface area (Å²) < 4.78 is 10.8. The summed E-state index contributed by atoms with van der Waals surface area (Å²) in [5, 5.41) is 2.80. The van der Waals surface area contributed by atoms with E-state index in [1.165, 1.54) is 12.2 Å². The molecule has 0 bridgehead atoms. The Bertz CT molecular complexity index is 1060. The molecule has 0 heterocycles. The van der Waals surface area contributed by atoms with Gasteiger partial charge in [0.1, 0.15) is 11.9 Å². The number of carbonyl (C=O) groups is 2. The van der Waals surface area contributed by atoms with E-state index in [1.54, 1.807) is 31.4 Å². The van der Waals surface area contributed by atoms with Crippen molar-refractivity contribution in [2.24, 2.45) is 0 Å². The van der Waals surface area contributed by atoms with Crippen molar-refractivity contribution in [3.05, 3.63) is 114 Å². The Kier molecular flexibility index (Phi) is 8.40. The molecule has 0 aliphatic rings. The van der Waals surface area contributed by atoms with Crippen LogP contribution in [0.25, 0.3) is 12.2 Å². The van der Waals surface area contributed by atoms with Crippen LogP contribution in [-0.4, -0.2) is 25.5 Å². The van der Waals surface area contributed by atoms with E-state index in [2.05, 4.69) is 5.32 Å². The van der Waals surface area contributed by atoms with Gasteiger partial charge in [-0.3, -0.25) is 4.79 Å². The minimum absolute atomic E-state index is 0.134. The first-order valence-corrected chi connectivity index (χ1v) is 10.2. The van der Waals surface area contributed by atoms with Crippen molar-refractivity contribution in [3.63, 3.8) is 0 Å². The number of hydrogen-bond acceptors (Lipinski definition) is 4. The van der Waals surface area contributed by atoms with Gasteiger partial charge in [-0.1, -0.05) is 72.8 Å². The van der Waals surface area contributed by atoms with Crippen molar-refractivity contribution in [3.8, 4) is 5.75 Å². The summed E-state index contributed by atoms with van der Waals surface area (Å²) in [5.74, 6) is -0.0791. The molecule has 3 aromatic rings. The second-order valence-electron chi connectivity index (χ2n) is 6.93. The highest BCUT2D eigenvalue weighted by Gasteiger charge is 2.16. The molecule has 1 atom stereocenters. The summed E-state index contributed by atoms with van der Waals surface area (Å²) >= 11 is 0. The van der Waals surface area contributed by atoms with Gasteiger partial charge in [-0.25, -0.2) is 4.79 Å². The van der Waals surface area contributed by atoms with Gasteiger partial charge >= 0.3 is 5.97 Å². The van der Waals surface area contributed by atoms with E-state index in [4.69, 9.17) is 9.47 Å². The first-order valence-electron chi connectivity index (χ1n) is 10.2. The fraction of sp³-hybridized carbons (Fsp3) is 0.111. The lowest BCUT2D eigenvalue weighted by molar-refractivity contribution is -0.143. The number of hydrogen-bond donors (Lipinski definition) is 1. The highest BCUT2D eigenvalue weighted by molar-refractivity contribution is 5.91. The molecule has 32 heavy (non-hydrogen) atoms. The third-order valence-corrected chi connectivity index (χ3v) is 4.65. The molecule has 1 unspecified atom stereocenters. The highest BCUT2D eigenvalue weighted by Crippen LogP contribution is 2.21. The molecular formula is C27H25NO4. The fourth-order valence-electron chi connectivity index (χ4n) is 2.94.